The molecule has 1 unspecified atom stereocenters. The van der Waals surface area contributed by atoms with Gasteiger partial charge in [0.1, 0.15) is 0 Å². The first-order valence-electron chi connectivity index (χ1n) is 22.1. The minimum Gasteiger partial charge on any atom is -0.379 e. The maximum atomic E-state index is 13.0. The van der Waals surface area contributed by atoms with Gasteiger partial charge in [0.2, 0.25) is 0 Å². The molecule has 0 N–H and O–H groups in total. The van der Waals surface area contributed by atoms with Crippen molar-refractivity contribution in [3.8, 4) is 0 Å². The van der Waals surface area contributed by atoms with Gasteiger partial charge in [-0.1, -0.05) is 166 Å². The summed E-state index contributed by atoms with van der Waals surface area (Å²) in [6.45, 7) is 6.52. The molecule has 1 atom stereocenters. The van der Waals surface area contributed by atoms with Crippen LogP contribution in [0.2, 0.25) is 0 Å². The van der Waals surface area contributed by atoms with E-state index in [1.165, 1.54) is 165 Å². The molecule has 1 aliphatic rings. The van der Waals surface area contributed by atoms with Gasteiger partial charge in [-0.05, 0) is 76.3 Å². The second kappa shape index (κ2) is 33.3. The number of carbonyl (C=O) groups is 2. The first-order chi connectivity index (χ1) is 25.7. The summed E-state index contributed by atoms with van der Waals surface area (Å²) in [7, 11) is 0. The Kier molecular flexibility index (Phi) is 29.4. The second-order valence-corrected chi connectivity index (χ2v) is 15.2. The Morgan fingerprint density at radius 3 is 1.29 bits per heavy atom. The van der Waals surface area contributed by atoms with Gasteiger partial charge >= 0.3 is 0 Å². The highest BCUT2D eigenvalue weighted by molar-refractivity contribution is 6.21. The third kappa shape index (κ3) is 22.7. The zero-order chi connectivity index (χ0) is 37.2. The predicted molar refractivity (Wildman–Crippen MR) is 221 cm³/mol. The molecule has 0 fully saturated rings. The molecule has 0 radical (unpaired) electrons. The Labute approximate surface area is 320 Å². The smallest absolute Gasteiger partial charge is 0.261 e. The zero-order valence-electron chi connectivity index (χ0n) is 33.9. The van der Waals surface area contributed by atoms with Crippen LogP contribution in [0.15, 0.2) is 48.6 Å². The zero-order valence-corrected chi connectivity index (χ0v) is 33.9. The first kappa shape index (κ1) is 45.9. The van der Waals surface area contributed by atoms with Crippen molar-refractivity contribution in [2.24, 2.45) is 0 Å². The molecule has 1 aliphatic heterocycles. The fraction of sp³-hybridized carbons (Fsp3) is 0.745. The van der Waals surface area contributed by atoms with E-state index in [4.69, 9.17) is 9.47 Å². The number of fused-ring (bicyclic) bond motifs is 1. The third-order valence-electron chi connectivity index (χ3n) is 10.4. The number of amides is 2. The van der Waals surface area contributed by atoms with Gasteiger partial charge in [-0.2, -0.15) is 0 Å². The number of hydrogen-bond acceptors (Lipinski definition) is 4. The van der Waals surface area contributed by atoms with Gasteiger partial charge < -0.3 is 9.47 Å². The average molecular weight is 722 g/mol. The van der Waals surface area contributed by atoms with Gasteiger partial charge in [0.15, 0.2) is 0 Å². The summed E-state index contributed by atoms with van der Waals surface area (Å²) in [6.07, 6.45) is 45.1. The Hall–Kier alpha value is -2.24. The molecule has 5 nitrogen and oxygen atoms in total. The van der Waals surface area contributed by atoms with Crippen LogP contribution in [0.5, 0.6) is 0 Å². The topological polar surface area (TPSA) is 55.8 Å². The van der Waals surface area contributed by atoms with E-state index in [0.717, 1.165) is 19.3 Å². The van der Waals surface area contributed by atoms with Crippen LogP contribution in [-0.4, -0.2) is 49.2 Å². The normalized spacial score (nSPS) is 13.7. The van der Waals surface area contributed by atoms with E-state index >= 15 is 0 Å². The SMILES string of the molecule is CCCCCCCC/C=C\CCCCCCCCOCC(CN1C(=O)c2ccccc2C1=O)OCCCCCCCC/C=C\CCCCCCCC. The van der Waals surface area contributed by atoms with E-state index in [2.05, 4.69) is 38.2 Å². The van der Waals surface area contributed by atoms with E-state index in [0.29, 0.717) is 30.9 Å². The van der Waals surface area contributed by atoms with E-state index in [1.807, 2.05) is 12.1 Å². The summed E-state index contributed by atoms with van der Waals surface area (Å²) in [4.78, 5) is 27.4. The van der Waals surface area contributed by atoms with Crippen molar-refractivity contribution in [2.75, 3.05) is 26.4 Å². The number of allylic oxidation sites excluding steroid dienone is 4. The van der Waals surface area contributed by atoms with E-state index < -0.39 is 0 Å². The van der Waals surface area contributed by atoms with Crippen molar-refractivity contribution in [3.63, 3.8) is 0 Å². The third-order valence-corrected chi connectivity index (χ3v) is 10.4. The molecule has 0 saturated heterocycles. The van der Waals surface area contributed by atoms with Crippen molar-refractivity contribution in [3.05, 3.63) is 59.7 Å². The molecule has 52 heavy (non-hydrogen) atoms. The molecule has 5 heteroatoms. The lowest BCUT2D eigenvalue weighted by Gasteiger charge is -2.23. The van der Waals surface area contributed by atoms with Crippen molar-refractivity contribution >= 4 is 11.8 Å². The molecular weight excluding hydrogens is 643 g/mol. The molecule has 2 amide bonds. The van der Waals surface area contributed by atoms with Crippen LogP contribution in [0.4, 0.5) is 0 Å². The molecule has 1 aromatic carbocycles. The quantitative estimate of drug-likeness (QED) is 0.0390. The van der Waals surface area contributed by atoms with Gasteiger partial charge in [-0.15, -0.1) is 0 Å². The molecular formula is C47H79NO4. The lowest BCUT2D eigenvalue weighted by atomic mass is 10.1. The van der Waals surface area contributed by atoms with Crippen LogP contribution in [0.3, 0.4) is 0 Å². The molecule has 0 aliphatic carbocycles. The second-order valence-electron chi connectivity index (χ2n) is 15.2. The number of nitrogens with zero attached hydrogens (tertiary/aromatic N) is 1. The first-order valence-corrected chi connectivity index (χ1v) is 22.1. The van der Waals surface area contributed by atoms with Crippen LogP contribution in [0, 0.1) is 0 Å². The summed E-state index contributed by atoms with van der Waals surface area (Å²) < 4.78 is 12.3. The van der Waals surface area contributed by atoms with Crippen molar-refractivity contribution in [1.82, 2.24) is 4.90 Å². The largest absolute Gasteiger partial charge is 0.379 e. The average Bonchev–Trinajstić information content (AvgIpc) is 3.40. The number of carbonyl (C=O) groups excluding carboxylic acids is 2. The Balaban J connectivity index is 1.55. The number of benzene rings is 1. The fourth-order valence-corrected chi connectivity index (χ4v) is 7.03. The summed E-state index contributed by atoms with van der Waals surface area (Å²) in [5, 5.41) is 0. The number of hydrogen-bond donors (Lipinski definition) is 0. The number of rotatable bonds is 37. The van der Waals surface area contributed by atoms with E-state index in [9.17, 15) is 9.59 Å². The Morgan fingerprint density at radius 2 is 0.865 bits per heavy atom. The van der Waals surface area contributed by atoms with Crippen LogP contribution in [0.25, 0.3) is 0 Å². The Bertz CT molecular complexity index is 1030. The molecule has 0 spiro atoms. The monoisotopic (exact) mass is 722 g/mol. The molecule has 0 bridgehead atoms. The van der Waals surface area contributed by atoms with E-state index in [1.54, 1.807) is 12.1 Å². The maximum absolute atomic E-state index is 13.0. The Morgan fingerprint density at radius 1 is 0.500 bits per heavy atom. The number of unbranched alkanes of at least 4 members (excludes halogenated alkanes) is 24. The van der Waals surface area contributed by atoms with Gasteiger partial charge in [0, 0.05) is 13.2 Å². The number of ether oxygens (including phenoxy) is 2. The van der Waals surface area contributed by atoms with Crippen molar-refractivity contribution in [1.29, 1.82) is 0 Å². The molecule has 1 aromatic rings. The summed E-state index contributed by atoms with van der Waals surface area (Å²) in [5.41, 5.74) is 0.981. The summed E-state index contributed by atoms with van der Waals surface area (Å²) in [6, 6.07) is 7.10. The molecule has 296 valence electrons. The fourth-order valence-electron chi connectivity index (χ4n) is 7.03. The van der Waals surface area contributed by atoms with Gasteiger partial charge in [0.25, 0.3) is 11.8 Å². The summed E-state index contributed by atoms with van der Waals surface area (Å²) in [5.74, 6) is -0.445. The van der Waals surface area contributed by atoms with Crippen LogP contribution < -0.4 is 0 Å². The highest BCUT2D eigenvalue weighted by Crippen LogP contribution is 2.23. The van der Waals surface area contributed by atoms with Crippen LogP contribution in [0.1, 0.15) is 214 Å². The minimum atomic E-state index is -0.306. The molecule has 1 heterocycles. The van der Waals surface area contributed by atoms with Crippen LogP contribution >= 0.6 is 0 Å². The molecule has 0 aromatic heterocycles. The van der Waals surface area contributed by atoms with Crippen molar-refractivity contribution in [2.45, 2.75) is 200 Å². The lowest BCUT2D eigenvalue weighted by Crippen LogP contribution is -2.40. The van der Waals surface area contributed by atoms with Gasteiger partial charge in [0.05, 0.1) is 30.4 Å². The molecule has 0 saturated carbocycles. The lowest BCUT2D eigenvalue weighted by molar-refractivity contribution is -0.0286. The maximum Gasteiger partial charge on any atom is 0.261 e. The molecule has 2 rings (SSSR count). The standard InChI is InChI=1S/C47H79NO4/c1-3-5-7-9-11-13-15-17-19-21-23-25-27-29-31-35-39-51-42-43(41-48-46(49)44-37-33-34-38-45(44)47(48)50)52-40-36-32-30-28-26-24-22-20-18-16-14-12-10-8-6-4-2/h17-20,33-34,37-38,43H,3-16,21-32,35-36,39-42H2,1-2H3/b19-17-,20-18-. The van der Waals surface area contributed by atoms with E-state index in [-0.39, 0.29) is 24.5 Å². The van der Waals surface area contributed by atoms with Gasteiger partial charge in [-0.3, -0.25) is 14.5 Å². The summed E-state index contributed by atoms with van der Waals surface area (Å²) >= 11 is 0. The highest BCUT2D eigenvalue weighted by Gasteiger charge is 2.36. The van der Waals surface area contributed by atoms with Crippen molar-refractivity contribution < 1.29 is 19.1 Å². The van der Waals surface area contributed by atoms with Gasteiger partial charge in [-0.25, -0.2) is 0 Å². The van der Waals surface area contributed by atoms with Crippen LogP contribution in [-0.2, 0) is 9.47 Å². The predicted octanol–water partition coefficient (Wildman–Crippen LogP) is 13.8. The minimum absolute atomic E-state index is 0.222. The number of imide groups is 1. The highest BCUT2D eigenvalue weighted by atomic mass is 16.5.